The van der Waals surface area contributed by atoms with Gasteiger partial charge in [0, 0.05) is 5.56 Å². The van der Waals surface area contributed by atoms with Gasteiger partial charge >= 0.3 is 6.18 Å². The van der Waals surface area contributed by atoms with E-state index >= 15 is 0 Å². The van der Waals surface area contributed by atoms with Crippen molar-refractivity contribution >= 4 is 5.91 Å². The van der Waals surface area contributed by atoms with Crippen molar-refractivity contribution in [1.82, 2.24) is 10.1 Å². The SMILES string of the molecule is C=CC(=O)N(Cc1nocc1C(C)C)[C@H](C)C(F)(F)F. The van der Waals surface area contributed by atoms with Crippen molar-refractivity contribution in [2.45, 2.75) is 45.5 Å². The number of amides is 1. The lowest BCUT2D eigenvalue weighted by Gasteiger charge is -2.29. The molecule has 20 heavy (non-hydrogen) atoms. The molecule has 0 unspecified atom stereocenters. The first-order valence-electron chi connectivity index (χ1n) is 6.11. The third-order valence-electron chi connectivity index (χ3n) is 3.02. The van der Waals surface area contributed by atoms with Crippen molar-refractivity contribution in [3.05, 3.63) is 30.2 Å². The number of alkyl halides is 3. The predicted molar refractivity (Wildman–Crippen MR) is 66.9 cm³/mol. The molecule has 1 atom stereocenters. The molecule has 0 N–H and O–H groups in total. The molecule has 0 saturated carbocycles. The maximum atomic E-state index is 12.8. The standard InChI is InChI=1S/C13H17F3N2O2/c1-5-12(19)18(9(4)13(14,15)16)6-11-10(8(2)3)7-20-17-11/h5,7-9H,1,6H2,2-4H3/t9-/m1/s1. The highest BCUT2D eigenvalue weighted by Crippen LogP contribution is 2.27. The molecule has 0 saturated heterocycles. The molecule has 0 radical (unpaired) electrons. The molecule has 0 fully saturated rings. The number of nitrogens with zero attached hydrogens (tertiary/aromatic N) is 2. The maximum Gasteiger partial charge on any atom is 0.408 e. The van der Waals surface area contributed by atoms with Crippen LogP contribution in [-0.2, 0) is 11.3 Å². The van der Waals surface area contributed by atoms with Gasteiger partial charge in [0.2, 0.25) is 5.91 Å². The minimum absolute atomic E-state index is 0.0399. The number of carbonyl (C=O) groups is 1. The molecule has 0 aliphatic carbocycles. The van der Waals surface area contributed by atoms with Gasteiger partial charge in [0.15, 0.2) is 0 Å². The molecule has 1 rings (SSSR count). The van der Waals surface area contributed by atoms with E-state index in [-0.39, 0.29) is 12.5 Å². The van der Waals surface area contributed by atoms with Crippen molar-refractivity contribution in [3.8, 4) is 0 Å². The molecular weight excluding hydrogens is 273 g/mol. The average Bonchev–Trinajstić information content (AvgIpc) is 2.81. The lowest BCUT2D eigenvalue weighted by Crippen LogP contribution is -2.46. The molecule has 7 heteroatoms. The van der Waals surface area contributed by atoms with E-state index in [0.717, 1.165) is 13.0 Å². The lowest BCUT2D eigenvalue weighted by atomic mass is 10.0. The molecule has 1 aromatic heterocycles. The highest BCUT2D eigenvalue weighted by atomic mass is 19.4. The number of aromatic nitrogens is 1. The van der Waals surface area contributed by atoms with Crippen molar-refractivity contribution in [3.63, 3.8) is 0 Å². The largest absolute Gasteiger partial charge is 0.408 e. The van der Waals surface area contributed by atoms with E-state index in [1.807, 2.05) is 13.8 Å². The first kappa shape index (κ1) is 16.3. The van der Waals surface area contributed by atoms with E-state index in [4.69, 9.17) is 4.52 Å². The molecule has 0 aromatic carbocycles. The van der Waals surface area contributed by atoms with Crippen LogP contribution in [0.3, 0.4) is 0 Å². The Morgan fingerprint density at radius 3 is 2.55 bits per heavy atom. The Balaban J connectivity index is 3.05. The van der Waals surface area contributed by atoms with Gasteiger partial charge in [-0.25, -0.2) is 0 Å². The Hall–Kier alpha value is -1.79. The Morgan fingerprint density at radius 1 is 1.50 bits per heavy atom. The molecule has 0 bridgehead atoms. The highest BCUT2D eigenvalue weighted by molar-refractivity contribution is 5.87. The summed E-state index contributed by atoms with van der Waals surface area (Å²) >= 11 is 0. The minimum Gasteiger partial charge on any atom is -0.364 e. The van der Waals surface area contributed by atoms with E-state index in [9.17, 15) is 18.0 Å². The number of halogens is 3. The topological polar surface area (TPSA) is 46.3 Å². The number of hydrogen-bond donors (Lipinski definition) is 0. The molecule has 1 amide bonds. The fourth-order valence-electron chi connectivity index (χ4n) is 1.72. The van der Waals surface area contributed by atoms with Crippen LogP contribution in [0.15, 0.2) is 23.4 Å². The van der Waals surface area contributed by atoms with Gasteiger partial charge in [0.05, 0.1) is 6.54 Å². The second kappa shape index (κ2) is 6.11. The summed E-state index contributed by atoms with van der Waals surface area (Å²) in [5, 5.41) is 3.69. The van der Waals surface area contributed by atoms with Gasteiger partial charge in [0.1, 0.15) is 18.0 Å². The first-order chi connectivity index (χ1) is 9.18. The third-order valence-corrected chi connectivity index (χ3v) is 3.02. The Bertz CT molecular complexity index is 480. The smallest absolute Gasteiger partial charge is 0.364 e. The highest BCUT2D eigenvalue weighted by Gasteiger charge is 2.42. The average molecular weight is 290 g/mol. The summed E-state index contributed by atoms with van der Waals surface area (Å²) in [6.45, 7) is 7.62. The van der Waals surface area contributed by atoms with Gasteiger partial charge in [-0.1, -0.05) is 25.6 Å². The summed E-state index contributed by atoms with van der Waals surface area (Å²) in [5.74, 6) is -0.759. The molecule has 4 nitrogen and oxygen atoms in total. The molecular formula is C13H17F3N2O2. The van der Waals surface area contributed by atoms with Gasteiger partial charge in [-0.05, 0) is 18.9 Å². The summed E-state index contributed by atoms with van der Waals surface area (Å²) in [5.41, 5.74) is 1.01. The van der Waals surface area contributed by atoms with E-state index in [1.165, 1.54) is 6.26 Å². The number of carbonyl (C=O) groups excluding carboxylic acids is 1. The van der Waals surface area contributed by atoms with E-state index in [0.29, 0.717) is 16.2 Å². The van der Waals surface area contributed by atoms with E-state index in [1.54, 1.807) is 0 Å². The zero-order chi connectivity index (χ0) is 15.5. The van der Waals surface area contributed by atoms with E-state index < -0.39 is 18.1 Å². The van der Waals surface area contributed by atoms with Crippen LogP contribution in [0.1, 0.15) is 37.9 Å². The second-order valence-corrected chi connectivity index (χ2v) is 4.76. The van der Waals surface area contributed by atoms with Crippen LogP contribution in [0.25, 0.3) is 0 Å². The Morgan fingerprint density at radius 2 is 2.10 bits per heavy atom. The van der Waals surface area contributed by atoms with Crippen LogP contribution >= 0.6 is 0 Å². The third kappa shape index (κ3) is 3.61. The first-order valence-corrected chi connectivity index (χ1v) is 6.11. The lowest BCUT2D eigenvalue weighted by molar-refractivity contribution is -0.185. The fraction of sp³-hybridized carbons (Fsp3) is 0.538. The maximum absolute atomic E-state index is 12.8. The Labute approximate surface area is 115 Å². The predicted octanol–water partition coefficient (Wildman–Crippen LogP) is 3.26. The monoisotopic (exact) mass is 290 g/mol. The molecule has 0 spiro atoms. The number of hydrogen-bond acceptors (Lipinski definition) is 3. The summed E-state index contributed by atoms with van der Waals surface area (Å²) in [7, 11) is 0. The second-order valence-electron chi connectivity index (χ2n) is 4.76. The van der Waals surface area contributed by atoms with Crippen molar-refractivity contribution < 1.29 is 22.5 Å². The van der Waals surface area contributed by atoms with E-state index in [2.05, 4.69) is 11.7 Å². The zero-order valence-electron chi connectivity index (χ0n) is 11.6. The number of rotatable bonds is 5. The molecule has 112 valence electrons. The Kier molecular flexibility index (Phi) is 4.97. The molecule has 0 aliphatic heterocycles. The van der Waals surface area contributed by atoms with Crippen LogP contribution in [0.2, 0.25) is 0 Å². The van der Waals surface area contributed by atoms with Gasteiger partial charge in [-0.15, -0.1) is 0 Å². The zero-order valence-corrected chi connectivity index (χ0v) is 11.6. The van der Waals surface area contributed by atoms with Crippen LogP contribution in [-0.4, -0.2) is 28.2 Å². The van der Waals surface area contributed by atoms with Gasteiger partial charge in [0.25, 0.3) is 0 Å². The van der Waals surface area contributed by atoms with Crippen molar-refractivity contribution in [2.75, 3.05) is 0 Å². The quantitative estimate of drug-likeness (QED) is 0.782. The molecule has 0 aliphatic rings. The minimum atomic E-state index is -4.51. The summed E-state index contributed by atoms with van der Waals surface area (Å²) in [4.78, 5) is 12.3. The van der Waals surface area contributed by atoms with Crippen LogP contribution in [0.5, 0.6) is 0 Å². The van der Waals surface area contributed by atoms with Crippen LogP contribution in [0.4, 0.5) is 13.2 Å². The van der Waals surface area contributed by atoms with Crippen LogP contribution in [0, 0.1) is 0 Å². The van der Waals surface area contributed by atoms with Crippen LogP contribution < -0.4 is 0 Å². The summed E-state index contributed by atoms with van der Waals surface area (Å²) < 4.78 is 43.2. The van der Waals surface area contributed by atoms with Gasteiger partial charge in [-0.3, -0.25) is 4.79 Å². The molecule has 1 heterocycles. The normalized spacial score (nSPS) is 13.3. The van der Waals surface area contributed by atoms with Gasteiger partial charge < -0.3 is 9.42 Å². The van der Waals surface area contributed by atoms with Gasteiger partial charge in [-0.2, -0.15) is 13.2 Å². The summed E-state index contributed by atoms with van der Waals surface area (Å²) in [6.07, 6.45) is -2.27. The summed E-state index contributed by atoms with van der Waals surface area (Å²) in [6, 6.07) is -1.93. The molecule has 1 aromatic rings. The van der Waals surface area contributed by atoms with Crippen molar-refractivity contribution in [2.24, 2.45) is 0 Å². The fourth-order valence-corrected chi connectivity index (χ4v) is 1.72. The van der Waals surface area contributed by atoms with Crippen molar-refractivity contribution in [1.29, 1.82) is 0 Å².